The van der Waals surface area contributed by atoms with Gasteiger partial charge in [0.2, 0.25) is 0 Å². The van der Waals surface area contributed by atoms with Gasteiger partial charge in [-0.3, -0.25) is 0 Å². The molecule has 1 heterocycles. The lowest BCUT2D eigenvalue weighted by atomic mass is 10.2. The van der Waals surface area contributed by atoms with E-state index in [1.54, 1.807) is 6.33 Å². The highest BCUT2D eigenvalue weighted by Gasteiger charge is 2.09. The number of anilines is 1. The van der Waals surface area contributed by atoms with Gasteiger partial charge in [-0.15, -0.1) is 11.8 Å². The summed E-state index contributed by atoms with van der Waals surface area (Å²) in [6, 6.07) is 0. The van der Waals surface area contributed by atoms with Gasteiger partial charge < -0.3 is 10.2 Å². The minimum Gasteiger partial charge on any atom is -0.370 e. The van der Waals surface area contributed by atoms with E-state index in [0.717, 1.165) is 42.5 Å². The Morgan fingerprint density at radius 3 is 2.67 bits per heavy atom. The summed E-state index contributed by atoms with van der Waals surface area (Å²) >= 11 is 1.81. The molecule has 0 spiro atoms. The van der Waals surface area contributed by atoms with Crippen LogP contribution >= 0.6 is 11.8 Å². The zero-order valence-electron chi connectivity index (χ0n) is 11.9. The average Bonchev–Trinajstić information content (AvgIpc) is 2.36. The first-order chi connectivity index (χ1) is 8.69. The second kappa shape index (κ2) is 8.32. The van der Waals surface area contributed by atoms with Crippen molar-refractivity contribution in [2.75, 3.05) is 38.3 Å². The molecule has 0 unspecified atom stereocenters. The maximum atomic E-state index is 4.41. The van der Waals surface area contributed by atoms with Crippen molar-refractivity contribution in [3.8, 4) is 0 Å². The van der Waals surface area contributed by atoms with E-state index >= 15 is 0 Å². The Hall–Kier alpha value is -0.810. The number of hydrogen-bond acceptors (Lipinski definition) is 5. The van der Waals surface area contributed by atoms with Crippen LogP contribution in [-0.2, 0) is 6.42 Å². The van der Waals surface area contributed by atoms with E-state index in [2.05, 4.69) is 48.1 Å². The topological polar surface area (TPSA) is 41.1 Å². The molecule has 0 aromatic carbocycles. The van der Waals surface area contributed by atoms with Gasteiger partial charge in [-0.2, -0.15) is 0 Å². The Balaban J connectivity index is 2.71. The van der Waals surface area contributed by atoms with Crippen molar-refractivity contribution >= 4 is 17.6 Å². The number of rotatable bonds is 8. The summed E-state index contributed by atoms with van der Waals surface area (Å²) in [6.45, 7) is 6.35. The van der Waals surface area contributed by atoms with Gasteiger partial charge in [0.25, 0.3) is 0 Å². The third kappa shape index (κ3) is 4.82. The molecule has 1 rings (SSSR count). The standard InChI is InChI=1S/C13H24N4S/c1-5-7-14-12-11(6-2)13(16-10-15-12)18-9-8-17(3)4/h10H,5-9H2,1-4H3,(H,14,15,16). The molecule has 0 atom stereocenters. The molecule has 5 heteroatoms. The molecule has 1 aromatic heterocycles. The second-order valence-corrected chi connectivity index (χ2v) is 5.52. The van der Waals surface area contributed by atoms with E-state index < -0.39 is 0 Å². The van der Waals surface area contributed by atoms with E-state index in [9.17, 15) is 0 Å². The third-order valence-corrected chi connectivity index (χ3v) is 3.59. The largest absolute Gasteiger partial charge is 0.370 e. The first-order valence-electron chi connectivity index (χ1n) is 6.54. The molecule has 18 heavy (non-hydrogen) atoms. The second-order valence-electron chi connectivity index (χ2n) is 4.44. The van der Waals surface area contributed by atoms with Gasteiger partial charge in [-0.25, -0.2) is 9.97 Å². The van der Waals surface area contributed by atoms with Gasteiger partial charge in [0, 0.05) is 24.4 Å². The lowest BCUT2D eigenvalue weighted by Crippen LogP contribution is -2.15. The molecule has 1 N–H and O–H groups in total. The van der Waals surface area contributed by atoms with Gasteiger partial charge in [-0.05, 0) is 26.9 Å². The van der Waals surface area contributed by atoms with Crippen LogP contribution in [0.2, 0.25) is 0 Å². The monoisotopic (exact) mass is 268 g/mol. The van der Waals surface area contributed by atoms with Gasteiger partial charge in [0.15, 0.2) is 0 Å². The molecule has 0 bridgehead atoms. The fourth-order valence-electron chi connectivity index (χ4n) is 1.56. The summed E-state index contributed by atoms with van der Waals surface area (Å²) in [4.78, 5) is 10.9. The van der Waals surface area contributed by atoms with Gasteiger partial charge in [-0.1, -0.05) is 13.8 Å². The normalized spacial score (nSPS) is 10.9. The van der Waals surface area contributed by atoms with E-state index in [0.29, 0.717) is 0 Å². The number of hydrogen-bond donors (Lipinski definition) is 1. The van der Waals surface area contributed by atoms with Gasteiger partial charge in [0.1, 0.15) is 17.2 Å². The Kier molecular flexibility index (Phi) is 7.05. The van der Waals surface area contributed by atoms with Gasteiger partial charge >= 0.3 is 0 Å². The van der Waals surface area contributed by atoms with Crippen molar-refractivity contribution in [1.82, 2.24) is 14.9 Å². The minimum absolute atomic E-state index is 0.964. The Bertz CT molecular complexity index is 355. The van der Waals surface area contributed by atoms with Crippen LogP contribution in [0.25, 0.3) is 0 Å². The molecular weight excluding hydrogens is 244 g/mol. The fourth-order valence-corrected chi connectivity index (χ4v) is 2.75. The Morgan fingerprint density at radius 2 is 2.06 bits per heavy atom. The van der Waals surface area contributed by atoms with Crippen LogP contribution in [-0.4, -0.2) is 47.8 Å². The molecular formula is C13H24N4S. The minimum atomic E-state index is 0.964. The van der Waals surface area contributed by atoms with E-state index in [4.69, 9.17) is 0 Å². The van der Waals surface area contributed by atoms with E-state index in [1.807, 2.05) is 11.8 Å². The maximum absolute atomic E-state index is 4.41. The highest BCUT2D eigenvalue weighted by Crippen LogP contribution is 2.25. The Morgan fingerprint density at radius 1 is 1.28 bits per heavy atom. The molecule has 0 saturated carbocycles. The molecule has 0 aliphatic heterocycles. The molecule has 0 fully saturated rings. The summed E-state index contributed by atoms with van der Waals surface area (Å²) < 4.78 is 0. The lowest BCUT2D eigenvalue weighted by molar-refractivity contribution is 0.437. The van der Waals surface area contributed by atoms with Crippen LogP contribution in [0.1, 0.15) is 25.8 Å². The average molecular weight is 268 g/mol. The first kappa shape index (κ1) is 15.2. The van der Waals surface area contributed by atoms with Crippen LogP contribution in [0, 0.1) is 0 Å². The van der Waals surface area contributed by atoms with E-state index in [1.165, 1.54) is 5.56 Å². The van der Waals surface area contributed by atoms with Crippen LogP contribution in [0.3, 0.4) is 0 Å². The smallest absolute Gasteiger partial charge is 0.133 e. The zero-order valence-corrected chi connectivity index (χ0v) is 12.7. The van der Waals surface area contributed by atoms with Crippen molar-refractivity contribution in [1.29, 1.82) is 0 Å². The SMILES string of the molecule is CCCNc1ncnc(SCCN(C)C)c1CC. The summed E-state index contributed by atoms with van der Waals surface area (Å²) in [7, 11) is 4.19. The van der Waals surface area contributed by atoms with Crippen molar-refractivity contribution in [2.45, 2.75) is 31.7 Å². The quantitative estimate of drug-likeness (QED) is 0.579. The number of nitrogens with zero attached hydrogens (tertiary/aromatic N) is 3. The molecule has 1 aromatic rings. The summed E-state index contributed by atoms with van der Waals surface area (Å²) in [6.07, 6.45) is 3.74. The van der Waals surface area contributed by atoms with E-state index in [-0.39, 0.29) is 0 Å². The zero-order chi connectivity index (χ0) is 13.4. The van der Waals surface area contributed by atoms with Crippen molar-refractivity contribution < 1.29 is 0 Å². The Labute approximate surface area is 115 Å². The van der Waals surface area contributed by atoms with Crippen LogP contribution in [0.4, 0.5) is 5.82 Å². The summed E-state index contributed by atoms with van der Waals surface area (Å²) in [5.74, 6) is 2.06. The number of nitrogens with one attached hydrogen (secondary N) is 1. The first-order valence-corrected chi connectivity index (χ1v) is 7.52. The number of aromatic nitrogens is 2. The van der Waals surface area contributed by atoms with Crippen LogP contribution in [0.5, 0.6) is 0 Å². The molecule has 0 amide bonds. The number of thioether (sulfide) groups is 1. The molecule has 102 valence electrons. The fraction of sp³-hybridized carbons (Fsp3) is 0.692. The van der Waals surface area contributed by atoms with Gasteiger partial charge in [0.05, 0.1) is 0 Å². The predicted octanol–water partition coefficient (Wildman–Crippen LogP) is 2.51. The van der Waals surface area contributed by atoms with Crippen molar-refractivity contribution in [3.63, 3.8) is 0 Å². The molecule has 0 radical (unpaired) electrons. The summed E-state index contributed by atoms with van der Waals surface area (Å²) in [5, 5.41) is 4.50. The van der Waals surface area contributed by atoms with Crippen molar-refractivity contribution in [2.24, 2.45) is 0 Å². The van der Waals surface area contributed by atoms with Crippen molar-refractivity contribution in [3.05, 3.63) is 11.9 Å². The highest BCUT2D eigenvalue weighted by atomic mass is 32.2. The lowest BCUT2D eigenvalue weighted by Gasteiger charge is -2.13. The summed E-state index contributed by atoms with van der Waals surface area (Å²) in [5.41, 5.74) is 1.25. The van der Waals surface area contributed by atoms with Crippen LogP contribution < -0.4 is 5.32 Å². The molecule has 0 aliphatic rings. The molecule has 0 saturated heterocycles. The third-order valence-electron chi connectivity index (χ3n) is 2.58. The highest BCUT2D eigenvalue weighted by molar-refractivity contribution is 7.99. The molecule has 4 nitrogen and oxygen atoms in total. The predicted molar refractivity (Wildman–Crippen MR) is 79.5 cm³/mol. The molecule has 0 aliphatic carbocycles. The van der Waals surface area contributed by atoms with Crippen LogP contribution in [0.15, 0.2) is 11.4 Å². The maximum Gasteiger partial charge on any atom is 0.133 e.